The molecule has 0 aliphatic heterocycles. The summed E-state index contributed by atoms with van der Waals surface area (Å²) in [6.45, 7) is 8.53. The zero-order valence-corrected chi connectivity index (χ0v) is 15.1. The molecule has 124 valence electrons. The molecule has 2 heterocycles. The molecule has 2 aromatic heterocycles. The summed E-state index contributed by atoms with van der Waals surface area (Å²) >= 11 is 1.61. The molecule has 0 aliphatic carbocycles. The fourth-order valence-electron chi connectivity index (χ4n) is 2.68. The first-order valence-corrected chi connectivity index (χ1v) is 9.07. The molecule has 0 atom stereocenters. The number of aryl methyl sites for hydroxylation is 1. The molecule has 0 saturated carbocycles. The second-order valence-electron chi connectivity index (χ2n) is 5.57. The summed E-state index contributed by atoms with van der Waals surface area (Å²) in [7, 11) is 0. The van der Waals surface area contributed by atoms with Crippen molar-refractivity contribution in [3.8, 4) is 11.3 Å². The van der Waals surface area contributed by atoms with Crippen molar-refractivity contribution in [2.75, 3.05) is 23.3 Å². The molecule has 0 saturated heterocycles. The van der Waals surface area contributed by atoms with Crippen LogP contribution in [0.1, 0.15) is 19.4 Å². The first-order chi connectivity index (χ1) is 11.7. The zero-order chi connectivity index (χ0) is 16.9. The van der Waals surface area contributed by atoms with Gasteiger partial charge in [-0.05, 0) is 56.7 Å². The molecular weight excluding hydrogens is 316 g/mol. The molecule has 0 spiro atoms. The second kappa shape index (κ2) is 7.45. The fourth-order valence-corrected chi connectivity index (χ4v) is 3.41. The van der Waals surface area contributed by atoms with Crippen molar-refractivity contribution < 1.29 is 0 Å². The Morgan fingerprint density at radius 2 is 1.83 bits per heavy atom. The summed E-state index contributed by atoms with van der Waals surface area (Å²) in [5, 5.41) is 6.41. The highest BCUT2D eigenvalue weighted by atomic mass is 32.1. The normalized spacial score (nSPS) is 10.6. The largest absolute Gasteiger partial charge is 0.372 e. The molecule has 4 nitrogen and oxygen atoms in total. The number of hydrogen-bond acceptors (Lipinski definition) is 5. The Morgan fingerprint density at radius 1 is 1.08 bits per heavy atom. The maximum absolute atomic E-state index is 4.68. The minimum atomic E-state index is 0.903. The van der Waals surface area contributed by atoms with Gasteiger partial charge in [-0.3, -0.25) is 4.98 Å². The van der Waals surface area contributed by atoms with E-state index in [1.165, 1.54) is 11.3 Å². The van der Waals surface area contributed by atoms with Crippen LogP contribution in [-0.2, 0) is 0 Å². The van der Waals surface area contributed by atoms with Crippen LogP contribution in [0.5, 0.6) is 0 Å². The lowest BCUT2D eigenvalue weighted by atomic mass is 10.1. The van der Waals surface area contributed by atoms with Crippen LogP contribution in [0.4, 0.5) is 16.5 Å². The third-order valence-corrected chi connectivity index (χ3v) is 4.82. The smallest absolute Gasteiger partial charge is 0.187 e. The Hall–Kier alpha value is -2.40. The van der Waals surface area contributed by atoms with Gasteiger partial charge in [-0.15, -0.1) is 11.3 Å². The van der Waals surface area contributed by atoms with Crippen LogP contribution in [0.3, 0.4) is 0 Å². The average Bonchev–Trinajstić information content (AvgIpc) is 3.08. The summed E-state index contributed by atoms with van der Waals surface area (Å²) in [5.41, 5.74) is 5.64. The monoisotopic (exact) mass is 338 g/mol. The summed E-state index contributed by atoms with van der Waals surface area (Å²) in [5.74, 6) is 0. The molecular formula is C19H22N4S. The van der Waals surface area contributed by atoms with E-state index in [1.54, 1.807) is 23.7 Å². The van der Waals surface area contributed by atoms with Crippen LogP contribution in [-0.4, -0.2) is 23.1 Å². The van der Waals surface area contributed by atoms with E-state index < -0.39 is 0 Å². The van der Waals surface area contributed by atoms with E-state index in [9.17, 15) is 0 Å². The van der Waals surface area contributed by atoms with Crippen LogP contribution < -0.4 is 10.2 Å². The van der Waals surface area contributed by atoms with Gasteiger partial charge in [0.05, 0.1) is 5.69 Å². The minimum absolute atomic E-state index is 0.903. The fraction of sp³-hybridized carbons (Fsp3) is 0.263. The van der Waals surface area contributed by atoms with E-state index in [0.717, 1.165) is 35.2 Å². The minimum Gasteiger partial charge on any atom is -0.372 e. The summed E-state index contributed by atoms with van der Waals surface area (Å²) in [4.78, 5) is 11.1. The number of anilines is 3. The Bertz CT molecular complexity index is 794. The summed E-state index contributed by atoms with van der Waals surface area (Å²) in [6.07, 6.45) is 3.58. The van der Waals surface area contributed by atoms with Crippen LogP contribution >= 0.6 is 11.3 Å². The third kappa shape index (κ3) is 3.57. The van der Waals surface area contributed by atoms with E-state index in [0.29, 0.717) is 0 Å². The van der Waals surface area contributed by atoms with Crippen molar-refractivity contribution in [3.05, 3.63) is 53.7 Å². The molecule has 0 amide bonds. The second-order valence-corrected chi connectivity index (χ2v) is 6.43. The third-order valence-electron chi connectivity index (χ3n) is 4.06. The van der Waals surface area contributed by atoms with Gasteiger partial charge in [0, 0.05) is 47.8 Å². The maximum Gasteiger partial charge on any atom is 0.187 e. The summed E-state index contributed by atoms with van der Waals surface area (Å²) in [6, 6.07) is 10.5. The van der Waals surface area contributed by atoms with Gasteiger partial charge in [-0.25, -0.2) is 4.98 Å². The van der Waals surface area contributed by atoms with Crippen molar-refractivity contribution in [1.82, 2.24) is 9.97 Å². The van der Waals surface area contributed by atoms with Gasteiger partial charge < -0.3 is 10.2 Å². The molecule has 1 aromatic carbocycles. The predicted octanol–water partition coefficient (Wildman–Crippen LogP) is 5.10. The average molecular weight is 338 g/mol. The number of aromatic nitrogens is 2. The van der Waals surface area contributed by atoms with E-state index >= 15 is 0 Å². The van der Waals surface area contributed by atoms with Crippen molar-refractivity contribution in [3.63, 3.8) is 0 Å². The van der Waals surface area contributed by atoms with E-state index in [4.69, 9.17) is 0 Å². The summed E-state index contributed by atoms with van der Waals surface area (Å²) < 4.78 is 0. The number of thiazole rings is 1. The molecule has 0 bridgehead atoms. The van der Waals surface area contributed by atoms with Crippen molar-refractivity contribution >= 4 is 27.8 Å². The van der Waals surface area contributed by atoms with Crippen LogP contribution in [0.15, 0.2) is 48.1 Å². The van der Waals surface area contributed by atoms with E-state index in [1.807, 2.05) is 12.1 Å². The van der Waals surface area contributed by atoms with Gasteiger partial charge in [0.25, 0.3) is 0 Å². The van der Waals surface area contributed by atoms with Crippen LogP contribution in [0, 0.1) is 6.92 Å². The van der Waals surface area contributed by atoms with Gasteiger partial charge >= 0.3 is 0 Å². The predicted molar refractivity (Wildman–Crippen MR) is 103 cm³/mol. The number of hydrogen-bond donors (Lipinski definition) is 1. The molecule has 5 heteroatoms. The van der Waals surface area contributed by atoms with E-state index in [-0.39, 0.29) is 0 Å². The molecule has 24 heavy (non-hydrogen) atoms. The zero-order valence-electron chi connectivity index (χ0n) is 14.3. The molecule has 0 radical (unpaired) electrons. The number of pyridine rings is 1. The highest BCUT2D eigenvalue weighted by molar-refractivity contribution is 7.14. The Labute approximate surface area is 147 Å². The quantitative estimate of drug-likeness (QED) is 0.678. The van der Waals surface area contributed by atoms with Gasteiger partial charge in [-0.2, -0.15) is 0 Å². The lowest BCUT2D eigenvalue weighted by Gasteiger charge is -2.22. The van der Waals surface area contributed by atoms with Gasteiger partial charge in [0.15, 0.2) is 5.13 Å². The standard InChI is InChI=1S/C19H22N4S/c1-4-23(5-2)16-6-7-17(14(3)12-16)21-19-22-18(13-24-19)15-8-10-20-11-9-15/h6-13H,4-5H2,1-3H3,(H,21,22). The molecule has 0 aliphatic rings. The number of nitrogens with one attached hydrogen (secondary N) is 1. The SMILES string of the molecule is CCN(CC)c1ccc(Nc2nc(-c3ccncc3)cs2)c(C)c1. The highest BCUT2D eigenvalue weighted by Crippen LogP contribution is 2.29. The van der Waals surface area contributed by atoms with Gasteiger partial charge in [-0.1, -0.05) is 0 Å². The first kappa shape index (κ1) is 16.5. The van der Waals surface area contributed by atoms with Crippen LogP contribution in [0.25, 0.3) is 11.3 Å². The lowest BCUT2D eigenvalue weighted by molar-refractivity contribution is 0.866. The molecule has 1 N–H and O–H groups in total. The van der Waals surface area contributed by atoms with Crippen molar-refractivity contribution in [2.45, 2.75) is 20.8 Å². The number of rotatable bonds is 6. The van der Waals surface area contributed by atoms with E-state index in [2.05, 4.69) is 64.5 Å². The topological polar surface area (TPSA) is 41.0 Å². The highest BCUT2D eigenvalue weighted by Gasteiger charge is 2.08. The maximum atomic E-state index is 4.68. The van der Waals surface area contributed by atoms with Gasteiger partial charge in [0.1, 0.15) is 0 Å². The molecule has 0 unspecified atom stereocenters. The number of nitrogens with zero attached hydrogens (tertiary/aromatic N) is 3. The van der Waals surface area contributed by atoms with Crippen LogP contribution in [0.2, 0.25) is 0 Å². The molecule has 0 fully saturated rings. The Kier molecular flexibility index (Phi) is 5.11. The van der Waals surface area contributed by atoms with Crippen molar-refractivity contribution in [2.24, 2.45) is 0 Å². The Balaban J connectivity index is 1.78. The number of benzene rings is 1. The molecule has 3 rings (SSSR count). The Morgan fingerprint density at radius 3 is 2.50 bits per heavy atom. The van der Waals surface area contributed by atoms with Gasteiger partial charge in [0.2, 0.25) is 0 Å². The molecule has 3 aromatic rings. The van der Waals surface area contributed by atoms with Crippen molar-refractivity contribution in [1.29, 1.82) is 0 Å². The first-order valence-electron chi connectivity index (χ1n) is 8.19. The lowest BCUT2D eigenvalue weighted by Crippen LogP contribution is -2.21.